The normalized spacial score (nSPS) is 18.6. The Hall–Kier alpha value is -1.62. The minimum atomic E-state index is -0.480. The summed E-state index contributed by atoms with van der Waals surface area (Å²) < 4.78 is 4.79. The van der Waals surface area contributed by atoms with E-state index in [2.05, 4.69) is 9.97 Å². The van der Waals surface area contributed by atoms with Crippen LogP contribution in [0.25, 0.3) is 11.2 Å². The van der Waals surface area contributed by atoms with Gasteiger partial charge in [-0.25, -0.2) is 9.78 Å². The van der Waals surface area contributed by atoms with Crippen molar-refractivity contribution in [3.05, 3.63) is 28.4 Å². The molecule has 0 amide bonds. The summed E-state index contributed by atoms with van der Waals surface area (Å²) in [6.45, 7) is 0. The van der Waals surface area contributed by atoms with Crippen molar-refractivity contribution in [2.24, 2.45) is 5.73 Å². The highest BCUT2D eigenvalue weighted by Gasteiger charge is 2.40. The van der Waals surface area contributed by atoms with Crippen LogP contribution in [0.3, 0.4) is 0 Å². The third-order valence-electron chi connectivity index (χ3n) is 2.64. The predicted octanol–water partition coefficient (Wildman–Crippen LogP) is 0.464. The Kier molecular flexibility index (Phi) is 1.24. The molecule has 2 aromatic rings. The van der Waals surface area contributed by atoms with Crippen LogP contribution in [0.4, 0.5) is 0 Å². The predicted molar refractivity (Wildman–Crippen MR) is 49.7 cm³/mol. The van der Waals surface area contributed by atoms with E-state index < -0.39 is 5.76 Å². The maximum Gasteiger partial charge on any atom is 0.418 e. The second kappa shape index (κ2) is 2.24. The number of hydrogen-bond acceptors (Lipinski definition) is 4. The molecule has 1 saturated carbocycles. The fraction of sp³-hybridized carbons (Fsp3) is 0.333. The van der Waals surface area contributed by atoms with Gasteiger partial charge in [-0.05, 0) is 24.5 Å². The maximum absolute atomic E-state index is 10.9. The first-order chi connectivity index (χ1) is 6.67. The van der Waals surface area contributed by atoms with E-state index >= 15 is 0 Å². The molecule has 2 heterocycles. The number of oxazole rings is 1. The molecule has 0 bridgehead atoms. The molecule has 0 saturated heterocycles. The van der Waals surface area contributed by atoms with Gasteiger partial charge >= 0.3 is 5.76 Å². The van der Waals surface area contributed by atoms with E-state index in [1.165, 1.54) is 0 Å². The van der Waals surface area contributed by atoms with Crippen LogP contribution in [-0.2, 0) is 5.54 Å². The fourth-order valence-corrected chi connectivity index (χ4v) is 1.54. The molecule has 3 rings (SSSR count). The van der Waals surface area contributed by atoms with Crippen LogP contribution in [0, 0.1) is 0 Å². The molecular formula is C9H9N3O2. The first-order valence-corrected chi connectivity index (χ1v) is 4.46. The largest absolute Gasteiger partial charge is 0.418 e. The van der Waals surface area contributed by atoms with Crippen molar-refractivity contribution >= 4 is 11.2 Å². The minimum absolute atomic E-state index is 0.227. The molecule has 5 nitrogen and oxygen atoms in total. The summed E-state index contributed by atoms with van der Waals surface area (Å²) in [5, 5.41) is 0. The van der Waals surface area contributed by atoms with Crippen molar-refractivity contribution in [2.45, 2.75) is 18.4 Å². The van der Waals surface area contributed by atoms with Crippen molar-refractivity contribution in [3.63, 3.8) is 0 Å². The highest BCUT2D eigenvalue weighted by Crippen LogP contribution is 2.42. The molecule has 0 aliphatic heterocycles. The average molecular weight is 191 g/mol. The quantitative estimate of drug-likeness (QED) is 0.685. The van der Waals surface area contributed by atoms with Crippen molar-refractivity contribution in [3.8, 4) is 0 Å². The Bertz CT molecular complexity index is 550. The second-order valence-corrected chi connectivity index (χ2v) is 3.75. The second-order valence-electron chi connectivity index (χ2n) is 3.75. The number of rotatable bonds is 1. The lowest BCUT2D eigenvalue weighted by atomic mass is 10.1. The molecule has 5 heteroatoms. The van der Waals surface area contributed by atoms with Gasteiger partial charge in [0.25, 0.3) is 0 Å². The molecule has 1 fully saturated rings. The molecule has 2 aromatic heterocycles. The number of nitrogens with two attached hydrogens (primary N) is 1. The van der Waals surface area contributed by atoms with Gasteiger partial charge in [0.2, 0.25) is 5.71 Å². The van der Waals surface area contributed by atoms with E-state index in [1.807, 2.05) is 6.07 Å². The highest BCUT2D eigenvalue weighted by molar-refractivity contribution is 5.68. The molecule has 0 unspecified atom stereocenters. The molecule has 14 heavy (non-hydrogen) atoms. The van der Waals surface area contributed by atoms with Crippen LogP contribution < -0.4 is 11.5 Å². The molecule has 0 atom stereocenters. The summed E-state index contributed by atoms with van der Waals surface area (Å²) in [5.74, 6) is -0.480. The lowest BCUT2D eigenvalue weighted by Gasteiger charge is -2.06. The summed E-state index contributed by atoms with van der Waals surface area (Å²) in [6.07, 6.45) is 3.62. The average Bonchev–Trinajstić information content (AvgIpc) is 2.79. The van der Waals surface area contributed by atoms with E-state index in [9.17, 15) is 4.79 Å². The third-order valence-corrected chi connectivity index (χ3v) is 2.64. The minimum Gasteiger partial charge on any atom is -0.389 e. The molecule has 3 N–H and O–H groups in total. The lowest BCUT2D eigenvalue weighted by molar-refractivity contribution is 0.545. The van der Waals surface area contributed by atoms with Gasteiger partial charge in [0.15, 0.2) is 0 Å². The first kappa shape index (κ1) is 7.75. The Labute approximate surface area is 78.9 Å². The molecule has 0 radical (unpaired) electrons. The zero-order valence-corrected chi connectivity index (χ0v) is 7.41. The SMILES string of the molecule is NC1(c2cnc3oc(=O)[nH]c3c2)CC1. The molecular weight excluding hydrogens is 182 g/mol. The lowest BCUT2D eigenvalue weighted by Crippen LogP contribution is -2.18. The van der Waals surface area contributed by atoms with Crippen LogP contribution in [-0.4, -0.2) is 9.97 Å². The van der Waals surface area contributed by atoms with Gasteiger partial charge in [-0.3, -0.25) is 4.98 Å². The molecule has 1 aliphatic carbocycles. The summed E-state index contributed by atoms with van der Waals surface area (Å²) in [4.78, 5) is 17.5. The van der Waals surface area contributed by atoms with E-state index in [1.54, 1.807) is 6.20 Å². The van der Waals surface area contributed by atoms with Crippen molar-refractivity contribution in [1.29, 1.82) is 0 Å². The van der Waals surface area contributed by atoms with Crippen LogP contribution in [0.1, 0.15) is 18.4 Å². The Balaban J connectivity index is 2.24. The summed E-state index contributed by atoms with van der Waals surface area (Å²) >= 11 is 0. The van der Waals surface area contributed by atoms with Crippen molar-refractivity contribution in [1.82, 2.24) is 9.97 Å². The van der Waals surface area contributed by atoms with Gasteiger partial charge in [-0.1, -0.05) is 0 Å². The van der Waals surface area contributed by atoms with Gasteiger partial charge in [-0.2, -0.15) is 0 Å². The smallest absolute Gasteiger partial charge is 0.389 e. The number of aromatic nitrogens is 2. The Morgan fingerprint density at radius 1 is 1.57 bits per heavy atom. The van der Waals surface area contributed by atoms with Crippen LogP contribution >= 0.6 is 0 Å². The van der Waals surface area contributed by atoms with Crippen molar-refractivity contribution in [2.75, 3.05) is 0 Å². The van der Waals surface area contributed by atoms with E-state index in [4.69, 9.17) is 10.2 Å². The number of fused-ring (bicyclic) bond motifs is 1. The number of pyridine rings is 1. The van der Waals surface area contributed by atoms with Crippen LogP contribution in [0.5, 0.6) is 0 Å². The van der Waals surface area contributed by atoms with Crippen LogP contribution in [0.15, 0.2) is 21.5 Å². The summed E-state index contributed by atoms with van der Waals surface area (Å²) in [7, 11) is 0. The van der Waals surface area contributed by atoms with Crippen LogP contribution in [0.2, 0.25) is 0 Å². The zero-order chi connectivity index (χ0) is 9.76. The summed E-state index contributed by atoms with van der Waals surface area (Å²) in [6, 6.07) is 1.83. The van der Waals surface area contributed by atoms with Gasteiger partial charge < -0.3 is 10.2 Å². The molecule has 1 aliphatic rings. The van der Waals surface area contributed by atoms with E-state index in [0.717, 1.165) is 18.4 Å². The first-order valence-electron chi connectivity index (χ1n) is 4.46. The molecule has 72 valence electrons. The third kappa shape index (κ3) is 0.990. The highest BCUT2D eigenvalue weighted by atomic mass is 16.4. The molecule has 0 spiro atoms. The molecule has 0 aromatic carbocycles. The monoisotopic (exact) mass is 191 g/mol. The van der Waals surface area contributed by atoms with Gasteiger partial charge in [0.05, 0.1) is 0 Å². The number of nitrogens with one attached hydrogen (secondary N) is 1. The maximum atomic E-state index is 10.9. The Morgan fingerprint density at radius 2 is 2.36 bits per heavy atom. The standard InChI is InChI=1S/C9H9N3O2/c10-9(1-2-9)5-3-6-7(11-4-5)14-8(13)12-6/h3-4H,1-2,10H2,(H,12,13). The zero-order valence-electron chi connectivity index (χ0n) is 7.41. The summed E-state index contributed by atoms with van der Waals surface area (Å²) in [5.41, 5.74) is 7.69. The van der Waals surface area contributed by atoms with Gasteiger partial charge in [-0.15, -0.1) is 0 Å². The van der Waals surface area contributed by atoms with Crippen molar-refractivity contribution < 1.29 is 4.42 Å². The number of hydrogen-bond donors (Lipinski definition) is 2. The Morgan fingerprint density at radius 3 is 3.07 bits per heavy atom. The van der Waals surface area contributed by atoms with Gasteiger partial charge in [0.1, 0.15) is 5.52 Å². The van der Waals surface area contributed by atoms with E-state index in [-0.39, 0.29) is 5.54 Å². The van der Waals surface area contributed by atoms with Gasteiger partial charge in [0, 0.05) is 11.7 Å². The van der Waals surface area contributed by atoms with E-state index in [0.29, 0.717) is 11.2 Å². The number of nitrogens with zero attached hydrogens (tertiary/aromatic N) is 1. The number of aromatic amines is 1. The topological polar surface area (TPSA) is 84.9 Å². The number of H-pyrrole nitrogens is 1. The fourth-order valence-electron chi connectivity index (χ4n) is 1.54.